The molecule has 0 amide bonds. The molecule has 5 nitrogen and oxygen atoms in total. The van der Waals surface area contributed by atoms with E-state index in [0.717, 1.165) is 0 Å². The van der Waals surface area contributed by atoms with Crippen molar-refractivity contribution >= 4 is 5.82 Å². The van der Waals surface area contributed by atoms with Crippen LogP contribution in [-0.4, -0.2) is 26.8 Å². The van der Waals surface area contributed by atoms with Gasteiger partial charge in [-0.25, -0.2) is 9.97 Å². The van der Waals surface area contributed by atoms with E-state index in [1.54, 1.807) is 13.1 Å². The van der Waals surface area contributed by atoms with Crippen molar-refractivity contribution in [1.29, 1.82) is 0 Å². The first kappa shape index (κ1) is 12.3. The van der Waals surface area contributed by atoms with E-state index in [0.29, 0.717) is 5.69 Å². The number of halogens is 3. The molecule has 0 aliphatic heterocycles. The molecule has 0 saturated carbocycles. The number of rotatable bonds is 2. The van der Waals surface area contributed by atoms with E-state index in [-0.39, 0.29) is 11.5 Å². The van der Waals surface area contributed by atoms with Crippen molar-refractivity contribution in [1.82, 2.24) is 19.7 Å². The highest BCUT2D eigenvalue weighted by atomic mass is 19.4. The van der Waals surface area contributed by atoms with Crippen molar-refractivity contribution in [3.05, 3.63) is 24.2 Å². The molecule has 0 radical (unpaired) electrons. The second-order valence-electron chi connectivity index (χ2n) is 3.55. The van der Waals surface area contributed by atoms with E-state index in [1.165, 1.54) is 24.0 Å². The van der Waals surface area contributed by atoms with Gasteiger partial charge in [0.15, 0.2) is 0 Å². The number of nitrogens with one attached hydrogen (secondary N) is 1. The summed E-state index contributed by atoms with van der Waals surface area (Å²) in [5, 5.41) is 6.48. The highest BCUT2D eigenvalue weighted by molar-refractivity contribution is 5.58. The zero-order valence-corrected chi connectivity index (χ0v) is 9.65. The summed E-state index contributed by atoms with van der Waals surface area (Å²) in [6.07, 6.45) is -3.09. The van der Waals surface area contributed by atoms with Crippen LogP contribution in [-0.2, 0) is 13.2 Å². The average Bonchev–Trinajstić information content (AvgIpc) is 2.73. The standard InChI is InChI=1S/C10H10F3N5/c1-14-8-5-6(7-3-4-15-18(7)2)16-9(17-8)10(11,12)13/h3-5H,1-2H3,(H,14,16,17). The maximum atomic E-state index is 12.7. The van der Waals surface area contributed by atoms with Crippen LogP contribution in [0.5, 0.6) is 0 Å². The molecule has 0 spiro atoms. The van der Waals surface area contributed by atoms with Gasteiger partial charge in [-0.2, -0.15) is 18.3 Å². The molecule has 0 aromatic carbocycles. The monoisotopic (exact) mass is 257 g/mol. The Morgan fingerprint density at radius 1 is 1.28 bits per heavy atom. The van der Waals surface area contributed by atoms with E-state index >= 15 is 0 Å². The number of hydrogen-bond acceptors (Lipinski definition) is 4. The quantitative estimate of drug-likeness (QED) is 0.893. The van der Waals surface area contributed by atoms with Crippen LogP contribution in [0.2, 0.25) is 0 Å². The summed E-state index contributed by atoms with van der Waals surface area (Å²) in [6, 6.07) is 3.02. The van der Waals surface area contributed by atoms with Gasteiger partial charge in [-0.05, 0) is 6.07 Å². The Balaban J connectivity index is 2.58. The fourth-order valence-corrected chi connectivity index (χ4v) is 1.46. The van der Waals surface area contributed by atoms with Gasteiger partial charge in [0.2, 0.25) is 5.82 Å². The first-order valence-electron chi connectivity index (χ1n) is 5.04. The smallest absolute Gasteiger partial charge is 0.373 e. The first-order valence-corrected chi connectivity index (χ1v) is 5.04. The van der Waals surface area contributed by atoms with Crippen molar-refractivity contribution in [2.24, 2.45) is 7.05 Å². The Bertz CT molecular complexity index is 561. The summed E-state index contributed by atoms with van der Waals surface area (Å²) in [5.74, 6) is -1.07. The van der Waals surface area contributed by atoms with Crippen LogP contribution in [0.1, 0.15) is 5.82 Å². The van der Waals surface area contributed by atoms with E-state index in [1.807, 2.05) is 0 Å². The van der Waals surface area contributed by atoms with Crippen LogP contribution in [0, 0.1) is 0 Å². The Labute approximate surface area is 101 Å². The van der Waals surface area contributed by atoms with Crippen molar-refractivity contribution in [3.8, 4) is 11.4 Å². The molecular formula is C10H10F3N5. The number of aromatic nitrogens is 4. The van der Waals surface area contributed by atoms with Gasteiger partial charge in [-0.1, -0.05) is 0 Å². The number of aryl methyl sites for hydroxylation is 1. The number of anilines is 1. The van der Waals surface area contributed by atoms with Gasteiger partial charge in [-0.15, -0.1) is 0 Å². The molecule has 8 heteroatoms. The molecule has 0 saturated heterocycles. The van der Waals surface area contributed by atoms with Crippen LogP contribution in [0.3, 0.4) is 0 Å². The fraction of sp³-hybridized carbons (Fsp3) is 0.300. The summed E-state index contributed by atoms with van der Waals surface area (Å²) in [6.45, 7) is 0. The molecule has 0 unspecified atom stereocenters. The zero-order valence-electron chi connectivity index (χ0n) is 9.65. The maximum absolute atomic E-state index is 12.7. The van der Waals surface area contributed by atoms with Gasteiger partial charge < -0.3 is 5.32 Å². The summed E-state index contributed by atoms with van der Waals surface area (Å²) >= 11 is 0. The molecule has 0 aliphatic carbocycles. The summed E-state index contributed by atoms with van der Waals surface area (Å²) < 4.78 is 39.4. The lowest BCUT2D eigenvalue weighted by molar-refractivity contribution is -0.144. The Morgan fingerprint density at radius 2 is 2.00 bits per heavy atom. The third-order valence-electron chi connectivity index (χ3n) is 2.32. The summed E-state index contributed by atoms with van der Waals surface area (Å²) in [7, 11) is 3.12. The number of hydrogen-bond donors (Lipinski definition) is 1. The highest BCUT2D eigenvalue weighted by Gasteiger charge is 2.35. The molecule has 2 aromatic heterocycles. The average molecular weight is 257 g/mol. The highest BCUT2D eigenvalue weighted by Crippen LogP contribution is 2.29. The van der Waals surface area contributed by atoms with E-state index < -0.39 is 12.0 Å². The van der Waals surface area contributed by atoms with E-state index in [2.05, 4.69) is 20.4 Å². The second-order valence-corrected chi connectivity index (χ2v) is 3.55. The molecule has 0 bridgehead atoms. The fourth-order valence-electron chi connectivity index (χ4n) is 1.46. The molecular weight excluding hydrogens is 247 g/mol. The molecule has 0 aliphatic rings. The molecule has 2 heterocycles. The van der Waals surface area contributed by atoms with Crippen LogP contribution >= 0.6 is 0 Å². The molecule has 0 atom stereocenters. The van der Waals surface area contributed by atoms with Crippen LogP contribution in [0.15, 0.2) is 18.3 Å². The Kier molecular flexibility index (Phi) is 2.93. The van der Waals surface area contributed by atoms with Gasteiger partial charge in [0.25, 0.3) is 0 Å². The van der Waals surface area contributed by atoms with Gasteiger partial charge in [-0.3, -0.25) is 4.68 Å². The van der Waals surface area contributed by atoms with Gasteiger partial charge in [0.1, 0.15) is 5.82 Å². The number of alkyl halides is 3. The largest absolute Gasteiger partial charge is 0.451 e. The predicted octanol–water partition coefficient (Wildman–Crippen LogP) is 1.94. The topological polar surface area (TPSA) is 55.6 Å². The Morgan fingerprint density at radius 3 is 2.50 bits per heavy atom. The molecule has 2 rings (SSSR count). The van der Waals surface area contributed by atoms with E-state index in [4.69, 9.17) is 0 Å². The summed E-state index contributed by atoms with van der Waals surface area (Å²) in [5.41, 5.74) is 0.654. The van der Waals surface area contributed by atoms with Crippen molar-refractivity contribution in [2.75, 3.05) is 12.4 Å². The maximum Gasteiger partial charge on any atom is 0.451 e. The van der Waals surface area contributed by atoms with Crippen molar-refractivity contribution < 1.29 is 13.2 Å². The van der Waals surface area contributed by atoms with Gasteiger partial charge >= 0.3 is 6.18 Å². The predicted molar refractivity (Wildman–Crippen MR) is 58.8 cm³/mol. The van der Waals surface area contributed by atoms with Crippen LogP contribution < -0.4 is 5.32 Å². The van der Waals surface area contributed by atoms with Crippen molar-refractivity contribution in [3.63, 3.8) is 0 Å². The van der Waals surface area contributed by atoms with E-state index in [9.17, 15) is 13.2 Å². The molecule has 0 fully saturated rings. The zero-order chi connectivity index (χ0) is 13.3. The third-order valence-corrected chi connectivity index (χ3v) is 2.32. The van der Waals surface area contributed by atoms with Crippen molar-refractivity contribution in [2.45, 2.75) is 6.18 Å². The molecule has 96 valence electrons. The lowest BCUT2D eigenvalue weighted by atomic mass is 10.3. The molecule has 2 aromatic rings. The van der Waals surface area contributed by atoms with Crippen LogP contribution in [0.4, 0.5) is 19.0 Å². The lowest BCUT2D eigenvalue weighted by Crippen LogP contribution is -2.13. The normalized spacial score (nSPS) is 11.6. The lowest BCUT2D eigenvalue weighted by Gasteiger charge is -2.10. The minimum absolute atomic E-state index is 0.105. The van der Waals surface area contributed by atoms with Crippen LogP contribution in [0.25, 0.3) is 11.4 Å². The van der Waals surface area contributed by atoms with Gasteiger partial charge in [0, 0.05) is 26.4 Å². The number of nitrogens with zero attached hydrogens (tertiary/aromatic N) is 4. The third kappa shape index (κ3) is 2.27. The second kappa shape index (κ2) is 4.28. The summed E-state index contributed by atoms with van der Waals surface area (Å²) in [4.78, 5) is 6.90. The first-order chi connectivity index (χ1) is 8.41. The Hall–Kier alpha value is -2.12. The minimum Gasteiger partial charge on any atom is -0.373 e. The SMILES string of the molecule is CNc1cc(-c2ccnn2C)nc(C(F)(F)F)n1. The molecule has 1 N–H and O–H groups in total. The van der Waals surface area contributed by atoms with Gasteiger partial charge in [0.05, 0.1) is 11.4 Å². The molecule has 18 heavy (non-hydrogen) atoms. The minimum atomic E-state index is -4.58.